The predicted octanol–water partition coefficient (Wildman–Crippen LogP) is 1.71. The summed E-state index contributed by atoms with van der Waals surface area (Å²) in [5.41, 5.74) is -0.449. The molecule has 4 nitrogen and oxygen atoms in total. The Morgan fingerprint density at radius 1 is 1.40 bits per heavy atom. The molecule has 20 heavy (non-hydrogen) atoms. The maximum Gasteiger partial charge on any atom is 0.198 e. The standard InChI is InChI=1S/C16H24O4/c1-3-5-8-18-15-7-6-14(17)12(4-2)13(15)11-16(15)19-9-10-20-16/h2,12-14,17H,3,5-11H2,1H3. The molecule has 1 aliphatic heterocycles. The van der Waals surface area contributed by atoms with Gasteiger partial charge in [0.25, 0.3) is 0 Å². The van der Waals surface area contributed by atoms with Crippen LogP contribution in [-0.2, 0) is 14.2 Å². The third-order valence-corrected chi connectivity index (χ3v) is 5.20. The maximum atomic E-state index is 10.1. The molecule has 1 saturated heterocycles. The van der Waals surface area contributed by atoms with Crippen LogP contribution in [0.5, 0.6) is 0 Å². The van der Waals surface area contributed by atoms with Crippen LogP contribution >= 0.6 is 0 Å². The molecule has 4 heteroatoms. The molecule has 0 radical (unpaired) electrons. The Hall–Kier alpha value is -0.600. The van der Waals surface area contributed by atoms with Gasteiger partial charge in [0.2, 0.25) is 0 Å². The zero-order valence-electron chi connectivity index (χ0n) is 12.1. The van der Waals surface area contributed by atoms with Crippen molar-refractivity contribution >= 4 is 0 Å². The molecule has 0 aromatic heterocycles. The van der Waals surface area contributed by atoms with E-state index in [1.165, 1.54) is 0 Å². The van der Waals surface area contributed by atoms with Gasteiger partial charge in [0, 0.05) is 18.9 Å². The van der Waals surface area contributed by atoms with E-state index < -0.39 is 17.5 Å². The summed E-state index contributed by atoms with van der Waals surface area (Å²) in [4.78, 5) is 0. The second kappa shape index (κ2) is 5.31. The van der Waals surface area contributed by atoms with Crippen LogP contribution in [0.15, 0.2) is 0 Å². The second-order valence-corrected chi connectivity index (χ2v) is 6.15. The number of rotatable bonds is 4. The van der Waals surface area contributed by atoms with Gasteiger partial charge in [-0.2, -0.15) is 0 Å². The summed E-state index contributed by atoms with van der Waals surface area (Å²) in [6, 6.07) is 0. The van der Waals surface area contributed by atoms with Gasteiger partial charge in [0.05, 0.1) is 25.2 Å². The van der Waals surface area contributed by atoms with Gasteiger partial charge in [0.15, 0.2) is 5.79 Å². The average molecular weight is 280 g/mol. The van der Waals surface area contributed by atoms with Gasteiger partial charge < -0.3 is 19.3 Å². The summed E-state index contributed by atoms with van der Waals surface area (Å²) >= 11 is 0. The van der Waals surface area contributed by atoms with Gasteiger partial charge in [-0.1, -0.05) is 13.3 Å². The van der Waals surface area contributed by atoms with Gasteiger partial charge in [-0.05, 0) is 19.3 Å². The SMILES string of the molecule is C#CC1C(O)CCC2(OCCCC)C1CC21OCCO1. The van der Waals surface area contributed by atoms with Crippen LogP contribution in [-0.4, -0.2) is 42.4 Å². The number of hydrogen-bond donors (Lipinski definition) is 1. The minimum Gasteiger partial charge on any atom is -0.392 e. The lowest BCUT2D eigenvalue weighted by atomic mass is 9.52. The molecule has 0 aromatic carbocycles. The summed E-state index contributed by atoms with van der Waals surface area (Å²) in [5, 5.41) is 10.1. The zero-order valence-corrected chi connectivity index (χ0v) is 12.1. The summed E-state index contributed by atoms with van der Waals surface area (Å²) in [7, 11) is 0. The van der Waals surface area contributed by atoms with Crippen molar-refractivity contribution < 1.29 is 19.3 Å². The van der Waals surface area contributed by atoms with Gasteiger partial charge in [-0.25, -0.2) is 0 Å². The van der Waals surface area contributed by atoms with E-state index in [9.17, 15) is 5.11 Å². The molecule has 112 valence electrons. The van der Waals surface area contributed by atoms with Crippen molar-refractivity contribution in [1.82, 2.24) is 0 Å². The highest BCUT2D eigenvalue weighted by atomic mass is 16.8. The Morgan fingerprint density at radius 3 is 2.80 bits per heavy atom. The Kier molecular flexibility index (Phi) is 3.81. The fraction of sp³-hybridized carbons (Fsp3) is 0.875. The third-order valence-electron chi connectivity index (χ3n) is 5.20. The molecule has 0 amide bonds. The second-order valence-electron chi connectivity index (χ2n) is 6.15. The molecular formula is C16H24O4. The van der Waals surface area contributed by atoms with Crippen molar-refractivity contribution in [3.63, 3.8) is 0 Å². The smallest absolute Gasteiger partial charge is 0.198 e. The largest absolute Gasteiger partial charge is 0.392 e. The minimum absolute atomic E-state index is 0.145. The first kappa shape index (κ1) is 14.3. The van der Waals surface area contributed by atoms with Crippen molar-refractivity contribution in [1.29, 1.82) is 0 Å². The Balaban J connectivity index is 1.83. The quantitative estimate of drug-likeness (QED) is 0.629. The summed E-state index contributed by atoms with van der Waals surface area (Å²) in [6.07, 6.45) is 9.49. The van der Waals surface area contributed by atoms with Crippen molar-refractivity contribution in [2.75, 3.05) is 19.8 Å². The van der Waals surface area contributed by atoms with Crippen LogP contribution in [0.25, 0.3) is 0 Å². The van der Waals surface area contributed by atoms with Crippen LogP contribution in [0.3, 0.4) is 0 Å². The number of unbranched alkanes of at least 4 members (excludes halogenated alkanes) is 1. The molecule has 2 saturated carbocycles. The third kappa shape index (κ3) is 1.84. The number of terminal acetylenes is 1. The van der Waals surface area contributed by atoms with E-state index >= 15 is 0 Å². The van der Waals surface area contributed by atoms with Crippen LogP contribution in [0.2, 0.25) is 0 Å². The van der Waals surface area contributed by atoms with Crippen molar-refractivity contribution in [2.45, 2.75) is 56.5 Å². The Bertz CT molecular complexity index is 396. The first-order chi connectivity index (χ1) is 9.69. The van der Waals surface area contributed by atoms with Crippen LogP contribution in [0.4, 0.5) is 0 Å². The molecule has 0 aromatic rings. The Labute approximate surface area is 120 Å². The molecule has 1 heterocycles. The van der Waals surface area contributed by atoms with Gasteiger partial charge >= 0.3 is 0 Å². The highest BCUT2D eigenvalue weighted by Crippen LogP contribution is 2.62. The fourth-order valence-electron chi connectivity index (χ4n) is 4.11. The monoisotopic (exact) mass is 280 g/mol. The van der Waals surface area contributed by atoms with Gasteiger partial charge in [0.1, 0.15) is 5.60 Å². The van der Waals surface area contributed by atoms with E-state index in [0.29, 0.717) is 26.2 Å². The van der Waals surface area contributed by atoms with Crippen LogP contribution in [0, 0.1) is 24.2 Å². The van der Waals surface area contributed by atoms with E-state index in [0.717, 1.165) is 25.7 Å². The molecule has 3 aliphatic rings. The lowest BCUT2D eigenvalue weighted by molar-refractivity contribution is -0.387. The normalized spacial score (nSPS) is 42.0. The minimum atomic E-state index is -0.610. The fourth-order valence-corrected chi connectivity index (χ4v) is 4.11. The summed E-state index contributed by atoms with van der Waals surface area (Å²) in [5.74, 6) is 2.15. The van der Waals surface area contributed by atoms with E-state index in [4.69, 9.17) is 20.6 Å². The zero-order chi connectivity index (χ0) is 14.2. The van der Waals surface area contributed by atoms with Crippen molar-refractivity contribution in [3.05, 3.63) is 0 Å². The lowest BCUT2D eigenvalue weighted by Crippen LogP contribution is -2.75. The topological polar surface area (TPSA) is 47.9 Å². The van der Waals surface area contributed by atoms with Crippen LogP contribution < -0.4 is 0 Å². The van der Waals surface area contributed by atoms with E-state index in [1.807, 2.05) is 0 Å². The molecular weight excluding hydrogens is 256 g/mol. The molecule has 3 fully saturated rings. The number of fused-ring (bicyclic) bond motifs is 2. The molecule has 2 aliphatic carbocycles. The predicted molar refractivity (Wildman–Crippen MR) is 73.9 cm³/mol. The molecule has 0 bridgehead atoms. The first-order valence-corrected chi connectivity index (χ1v) is 7.75. The number of hydrogen-bond acceptors (Lipinski definition) is 4. The molecule has 1 spiro atoms. The molecule has 4 unspecified atom stereocenters. The maximum absolute atomic E-state index is 10.1. The van der Waals surface area contributed by atoms with Crippen molar-refractivity contribution in [2.24, 2.45) is 11.8 Å². The highest BCUT2D eigenvalue weighted by Gasteiger charge is 2.73. The van der Waals surface area contributed by atoms with Crippen molar-refractivity contribution in [3.8, 4) is 12.3 Å². The van der Waals surface area contributed by atoms with Gasteiger partial charge in [-0.3, -0.25) is 0 Å². The number of ether oxygens (including phenoxy) is 3. The molecule has 4 atom stereocenters. The number of aliphatic hydroxyl groups excluding tert-OH is 1. The summed E-state index contributed by atoms with van der Waals surface area (Å²) < 4.78 is 18.1. The Morgan fingerprint density at radius 2 is 2.15 bits per heavy atom. The van der Waals surface area contributed by atoms with E-state index in [1.54, 1.807) is 0 Å². The highest BCUT2D eigenvalue weighted by molar-refractivity contribution is 5.22. The lowest BCUT2D eigenvalue weighted by Gasteiger charge is -2.64. The first-order valence-electron chi connectivity index (χ1n) is 7.75. The summed E-state index contributed by atoms with van der Waals surface area (Å²) in [6.45, 7) is 4.09. The molecule has 1 N–H and O–H groups in total. The number of aliphatic hydroxyl groups is 1. The van der Waals surface area contributed by atoms with Gasteiger partial charge in [-0.15, -0.1) is 12.3 Å². The molecule has 3 rings (SSSR count). The average Bonchev–Trinajstić information content (AvgIpc) is 2.93. The van der Waals surface area contributed by atoms with Crippen LogP contribution in [0.1, 0.15) is 39.0 Å². The van der Waals surface area contributed by atoms with E-state index in [2.05, 4.69) is 12.8 Å². The van der Waals surface area contributed by atoms with E-state index in [-0.39, 0.29) is 11.8 Å².